The molecule has 20 heavy (non-hydrogen) atoms. The molecule has 7 nitrogen and oxygen atoms in total. The maximum atomic E-state index is 11.7. The van der Waals surface area contributed by atoms with E-state index in [0.717, 1.165) is 25.2 Å². The summed E-state index contributed by atoms with van der Waals surface area (Å²) in [5.41, 5.74) is -0.431. The fourth-order valence-corrected chi connectivity index (χ4v) is 1.88. The number of aliphatic hydroxyl groups excluding tert-OH is 1. The van der Waals surface area contributed by atoms with Gasteiger partial charge >= 0.3 is 0 Å². The Morgan fingerprint density at radius 3 is 2.85 bits per heavy atom. The number of hydrogen-bond donors (Lipinski definition) is 2. The third-order valence-corrected chi connectivity index (χ3v) is 2.95. The average molecular weight is 283 g/mol. The number of hydrogen-bond acceptors (Lipinski definition) is 6. The molecule has 110 valence electrons. The zero-order valence-electron chi connectivity index (χ0n) is 11.0. The third kappa shape index (κ3) is 4.07. The molecule has 0 aromatic carbocycles. The second-order valence-electron chi connectivity index (χ2n) is 4.48. The number of ether oxygens (including phenoxy) is 2. The number of nitrogens with one attached hydrogen (secondary N) is 1. The summed E-state index contributed by atoms with van der Waals surface area (Å²) in [5, 5.41) is 11.6. The van der Waals surface area contributed by atoms with Crippen molar-refractivity contribution in [1.82, 2.24) is 5.32 Å². The van der Waals surface area contributed by atoms with Gasteiger partial charge in [-0.05, 0) is 12.8 Å². The van der Waals surface area contributed by atoms with Gasteiger partial charge in [-0.2, -0.15) is 0 Å². The molecule has 1 aromatic rings. The van der Waals surface area contributed by atoms with Crippen LogP contribution in [0.15, 0.2) is 21.5 Å². The second kappa shape index (κ2) is 7.06. The maximum Gasteiger partial charge on any atom is 0.258 e. The monoisotopic (exact) mass is 283 g/mol. The smallest absolute Gasteiger partial charge is 0.258 e. The van der Waals surface area contributed by atoms with Crippen molar-refractivity contribution in [2.24, 2.45) is 0 Å². The minimum absolute atomic E-state index is 0.0515. The van der Waals surface area contributed by atoms with Crippen LogP contribution in [-0.4, -0.2) is 36.9 Å². The summed E-state index contributed by atoms with van der Waals surface area (Å²) in [5.74, 6) is -0.194. The highest BCUT2D eigenvalue weighted by molar-refractivity contribution is 5.77. The van der Waals surface area contributed by atoms with E-state index in [1.165, 1.54) is 0 Å². The van der Waals surface area contributed by atoms with Gasteiger partial charge in [0.05, 0.1) is 0 Å². The van der Waals surface area contributed by atoms with Crippen LogP contribution in [0, 0.1) is 0 Å². The molecule has 0 aliphatic carbocycles. The van der Waals surface area contributed by atoms with Crippen molar-refractivity contribution in [3.8, 4) is 5.75 Å². The molecule has 0 radical (unpaired) electrons. The number of aliphatic hydroxyl groups is 1. The predicted octanol–water partition coefficient (Wildman–Crippen LogP) is -0.194. The molecule has 1 aliphatic heterocycles. The van der Waals surface area contributed by atoms with E-state index in [1.54, 1.807) is 0 Å². The van der Waals surface area contributed by atoms with Gasteiger partial charge in [0, 0.05) is 25.3 Å². The summed E-state index contributed by atoms with van der Waals surface area (Å²) < 4.78 is 15.2. The maximum absolute atomic E-state index is 11.7. The lowest BCUT2D eigenvalue weighted by molar-refractivity contribution is -0.124. The van der Waals surface area contributed by atoms with Gasteiger partial charge in [-0.25, -0.2) is 0 Å². The second-order valence-corrected chi connectivity index (χ2v) is 4.48. The van der Waals surface area contributed by atoms with Gasteiger partial charge in [0.1, 0.15) is 18.6 Å². The Hall–Kier alpha value is -1.86. The Morgan fingerprint density at radius 2 is 2.20 bits per heavy atom. The molecule has 1 amide bonds. The molecule has 0 bridgehead atoms. The molecule has 0 atom stereocenters. The topological polar surface area (TPSA) is 98.0 Å². The predicted molar refractivity (Wildman–Crippen MR) is 68.4 cm³/mol. The van der Waals surface area contributed by atoms with Crippen LogP contribution in [0.3, 0.4) is 0 Å². The minimum atomic E-state index is -0.431. The van der Waals surface area contributed by atoms with Crippen LogP contribution in [0.1, 0.15) is 18.6 Å². The number of carbonyl (C=O) groups is 1. The highest BCUT2D eigenvalue weighted by Crippen LogP contribution is 2.07. The van der Waals surface area contributed by atoms with Crippen molar-refractivity contribution >= 4 is 5.91 Å². The van der Waals surface area contributed by atoms with Crippen molar-refractivity contribution in [3.63, 3.8) is 0 Å². The van der Waals surface area contributed by atoms with Gasteiger partial charge in [0.25, 0.3) is 5.91 Å². The number of carbonyl (C=O) groups excluding carboxylic acids is 1. The molecule has 0 spiro atoms. The lowest BCUT2D eigenvalue weighted by Gasteiger charge is -2.22. The molecule has 2 heterocycles. The first kappa shape index (κ1) is 14.5. The molecule has 1 aromatic heterocycles. The van der Waals surface area contributed by atoms with Gasteiger partial charge in [-0.15, -0.1) is 0 Å². The molecular weight excluding hydrogens is 266 g/mol. The van der Waals surface area contributed by atoms with Gasteiger partial charge < -0.3 is 24.3 Å². The molecule has 0 unspecified atom stereocenters. The molecule has 1 aliphatic rings. The van der Waals surface area contributed by atoms with Crippen LogP contribution in [-0.2, 0) is 16.1 Å². The van der Waals surface area contributed by atoms with Crippen molar-refractivity contribution in [2.45, 2.75) is 25.5 Å². The highest BCUT2D eigenvalue weighted by Gasteiger charge is 2.16. The van der Waals surface area contributed by atoms with E-state index >= 15 is 0 Å². The van der Waals surface area contributed by atoms with Crippen molar-refractivity contribution in [2.75, 3.05) is 19.8 Å². The molecular formula is C13H17NO6. The van der Waals surface area contributed by atoms with Gasteiger partial charge in [0.2, 0.25) is 11.2 Å². The lowest BCUT2D eigenvalue weighted by atomic mass is 10.1. The van der Waals surface area contributed by atoms with E-state index in [2.05, 4.69) is 5.32 Å². The normalized spacial score (nSPS) is 15.8. The van der Waals surface area contributed by atoms with E-state index in [1.807, 2.05) is 0 Å². The largest absolute Gasteiger partial charge is 0.477 e. The van der Waals surface area contributed by atoms with Crippen molar-refractivity contribution in [3.05, 3.63) is 28.3 Å². The van der Waals surface area contributed by atoms with Gasteiger partial charge in [0.15, 0.2) is 6.61 Å². The fourth-order valence-electron chi connectivity index (χ4n) is 1.88. The van der Waals surface area contributed by atoms with E-state index in [4.69, 9.17) is 19.0 Å². The summed E-state index contributed by atoms with van der Waals surface area (Å²) in [4.78, 5) is 23.2. The Bertz CT molecular complexity index is 506. The first-order chi connectivity index (χ1) is 9.69. The van der Waals surface area contributed by atoms with Gasteiger partial charge in [-0.1, -0.05) is 0 Å². The number of rotatable bonds is 5. The molecule has 1 fully saturated rings. The van der Waals surface area contributed by atoms with E-state index in [-0.39, 0.29) is 36.7 Å². The van der Waals surface area contributed by atoms with Crippen molar-refractivity contribution < 1.29 is 23.8 Å². The summed E-state index contributed by atoms with van der Waals surface area (Å²) in [6, 6.07) is 1.22. The molecule has 1 saturated heterocycles. The van der Waals surface area contributed by atoms with E-state index in [0.29, 0.717) is 13.2 Å². The van der Waals surface area contributed by atoms with Gasteiger partial charge in [-0.3, -0.25) is 9.59 Å². The Kier molecular flexibility index (Phi) is 5.14. The Balaban J connectivity index is 1.82. The summed E-state index contributed by atoms with van der Waals surface area (Å²) in [6.07, 6.45) is 2.65. The van der Waals surface area contributed by atoms with Crippen LogP contribution in [0.5, 0.6) is 5.75 Å². The fraction of sp³-hybridized carbons (Fsp3) is 0.538. The standard InChI is InChI=1S/C13H17NO6/c15-6-10-5-11(16)12(7-19-10)20-8-13(17)14-9-1-3-18-4-2-9/h5,7,9,15H,1-4,6,8H2,(H,14,17). The minimum Gasteiger partial charge on any atom is -0.477 e. The van der Waals surface area contributed by atoms with Crippen LogP contribution >= 0.6 is 0 Å². The zero-order valence-corrected chi connectivity index (χ0v) is 11.0. The van der Waals surface area contributed by atoms with E-state index < -0.39 is 5.43 Å². The van der Waals surface area contributed by atoms with Crippen LogP contribution in [0.25, 0.3) is 0 Å². The summed E-state index contributed by atoms with van der Waals surface area (Å²) >= 11 is 0. The lowest BCUT2D eigenvalue weighted by Crippen LogP contribution is -2.41. The third-order valence-electron chi connectivity index (χ3n) is 2.95. The highest BCUT2D eigenvalue weighted by atomic mass is 16.5. The molecule has 0 saturated carbocycles. The SMILES string of the molecule is O=C(COc1coc(CO)cc1=O)NC1CCOCC1. The Morgan fingerprint density at radius 1 is 1.45 bits per heavy atom. The van der Waals surface area contributed by atoms with Crippen LogP contribution < -0.4 is 15.5 Å². The van der Waals surface area contributed by atoms with Crippen LogP contribution in [0.4, 0.5) is 0 Å². The Labute approximate surface area is 115 Å². The first-order valence-corrected chi connectivity index (χ1v) is 6.41. The summed E-state index contributed by atoms with van der Waals surface area (Å²) in [6.45, 7) is 0.663. The molecule has 2 N–H and O–H groups in total. The molecule has 7 heteroatoms. The van der Waals surface area contributed by atoms with Crippen LogP contribution in [0.2, 0.25) is 0 Å². The zero-order chi connectivity index (χ0) is 14.4. The average Bonchev–Trinajstić information content (AvgIpc) is 2.47. The molecule has 2 rings (SSSR count). The van der Waals surface area contributed by atoms with Crippen molar-refractivity contribution in [1.29, 1.82) is 0 Å². The number of amides is 1. The van der Waals surface area contributed by atoms with E-state index in [9.17, 15) is 9.59 Å². The quantitative estimate of drug-likeness (QED) is 0.777. The first-order valence-electron chi connectivity index (χ1n) is 6.41. The summed E-state index contributed by atoms with van der Waals surface area (Å²) in [7, 11) is 0.